The van der Waals surface area contributed by atoms with Gasteiger partial charge in [0.2, 0.25) is 0 Å². The predicted octanol–water partition coefficient (Wildman–Crippen LogP) is 5.83. The van der Waals surface area contributed by atoms with Gasteiger partial charge in [-0.3, -0.25) is 0 Å². The lowest BCUT2D eigenvalue weighted by Gasteiger charge is -2.61. The van der Waals surface area contributed by atoms with Crippen molar-refractivity contribution in [1.29, 1.82) is 0 Å². The van der Waals surface area contributed by atoms with Crippen molar-refractivity contribution in [2.75, 3.05) is 7.11 Å². The number of hydrogen-bond donors (Lipinski definition) is 1. The van der Waals surface area contributed by atoms with Crippen LogP contribution in [0.2, 0.25) is 0 Å². The van der Waals surface area contributed by atoms with E-state index in [4.69, 9.17) is 9.47 Å². The predicted molar refractivity (Wildman–Crippen MR) is 123 cm³/mol. The minimum Gasteiger partial charge on any atom is -0.388 e. The molecule has 6 fully saturated rings. The van der Waals surface area contributed by atoms with Gasteiger partial charge >= 0.3 is 0 Å². The first-order valence-electron chi connectivity index (χ1n) is 13.5. The molecule has 0 amide bonds. The molecule has 3 nitrogen and oxygen atoms in total. The Morgan fingerprint density at radius 2 is 1.87 bits per heavy atom. The third-order valence-corrected chi connectivity index (χ3v) is 12.5. The molecule has 6 rings (SSSR count). The van der Waals surface area contributed by atoms with Crippen molar-refractivity contribution in [3.63, 3.8) is 0 Å². The van der Waals surface area contributed by atoms with Crippen LogP contribution < -0.4 is 0 Å². The molecule has 1 saturated heterocycles. The molecule has 12 atom stereocenters. The normalized spacial score (nSPS) is 58.2. The summed E-state index contributed by atoms with van der Waals surface area (Å²) >= 11 is 0. The fraction of sp³-hybridized carbons (Fsp3) is 1.00. The molecular weight excluding hydrogens is 384 g/mol. The second kappa shape index (κ2) is 6.51. The summed E-state index contributed by atoms with van der Waals surface area (Å²) in [4.78, 5) is 0. The Hall–Kier alpha value is -0.120. The van der Waals surface area contributed by atoms with Crippen LogP contribution in [-0.2, 0) is 9.47 Å². The van der Waals surface area contributed by atoms with Gasteiger partial charge in [-0.25, -0.2) is 0 Å². The molecular formula is C28H46O3. The Bertz CT molecular complexity index is 743. The van der Waals surface area contributed by atoms with E-state index in [9.17, 15) is 5.11 Å². The van der Waals surface area contributed by atoms with Crippen molar-refractivity contribution in [3.05, 3.63) is 0 Å². The van der Waals surface area contributed by atoms with Crippen LogP contribution in [0.25, 0.3) is 0 Å². The molecule has 0 aromatic heterocycles. The maximum Gasteiger partial charge on any atom is 0.112 e. The molecule has 0 radical (unpaired) electrons. The third kappa shape index (κ3) is 2.69. The molecule has 0 unspecified atom stereocenters. The fourth-order valence-corrected chi connectivity index (χ4v) is 11.0. The number of methoxy groups -OCH3 is 1. The first-order chi connectivity index (χ1) is 14.6. The monoisotopic (exact) mass is 430 g/mol. The van der Waals surface area contributed by atoms with Crippen LogP contribution >= 0.6 is 0 Å². The fourth-order valence-electron chi connectivity index (χ4n) is 11.0. The summed E-state index contributed by atoms with van der Waals surface area (Å²) in [5.41, 5.74) is 0.862. The van der Waals surface area contributed by atoms with Crippen LogP contribution in [0.4, 0.5) is 0 Å². The van der Waals surface area contributed by atoms with E-state index in [1.165, 1.54) is 51.4 Å². The summed E-state index contributed by atoms with van der Waals surface area (Å²) in [5, 5.41) is 10.3. The molecule has 1 heterocycles. The number of rotatable bonds is 5. The Morgan fingerprint density at radius 3 is 2.52 bits per heavy atom. The highest BCUT2D eigenvalue weighted by atomic mass is 16.6. The molecule has 5 aliphatic carbocycles. The molecule has 0 aromatic carbocycles. The zero-order chi connectivity index (χ0) is 22.0. The number of epoxide rings is 1. The minimum absolute atomic E-state index is 0.0430. The van der Waals surface area contributed by atoms with Crippen molar-refractivity contribution >= 4 is 0 Å². The minimum atomic E-state index is -0.699. The Morgan fingerprint density at radius 1 is 1.10 bits per heavy atom. The molecule has 0 aromatic rings. The van der Waals surface area contributed by atoms with Crippen LogP contribution in [0.15, 0.2) is 0 Å². The van der Waals surface area contributed by atoms with Crippen LogP contribution in [0.3, 0.4) is 0 Å². The molecule has 0 bridgehead atoms. The van der Waals surface area contributed by atoms with Gasteiger partial charge in [0, 0.05) is 12.5 Å². The van der Waals surface area contributed by atoms with E-state index in [1.54, 1.807) is 0 Å². The third-order valence-electron chi connectivity index (χ3n) is 12.5. The van der Waals surface area contributed by atoms with E-state index in [1.807, 2.05) is 21.0 Å². The molecule has 31 heavy (non-hydrogen) atoms. The molecule has 1 spiro atoms. The average molecular weight is 431 g/mol. The van der Waals surface area contributed by atoms with E-state index in [-0.39, 0.29) is 12.2 Å². The number of fused-ring (bicyclic) bond motifs is 4. The maximum atomic E-state index is 10.3. The number of ether oxygens (including phenoxy) is 2. The van der Waals surface area contributed by atoms with Crippen LogP contribution in [0, 0.1) is 51.8 Å². The van der Waals surface area contributed by atoms with Gasteiger partial charge in [0.1, 0.15) is 6.10 Å². The number of aliphatic hydroxyl groups is 1. The molecule has 1 N–H and O–H groups in total. The Labute approximate surface area is 190 Å². The zero-order valence-corrected chi connectivity index (χ0v) is 20.8. The smallest absolute Gasteiger partial charge is 0.112 e. The average Bonchev–Trinajstić information content (AvgIpc) is 3.57. The lowest BCUT2D eigenvalue weighted by molar-refractivity contribution is -0.161. The van der Waals surface area contributed by atoms with Crippen molar-refractivity contribution in [2.45, 2.75) is 116 Å². The van der Waals surface area contributed by atoms with Gasteiger partial charge in [0.15, 0.2) is 0 Å². The molecule has 5 saturated carbocycles. The highest BCUT2D eigenvalue weighted by molar-refractivity contribution is 5.26. The summed E-state index contributed by atoms with van der Waals surface area (Å²) in [5.74, 6) is 5.16. The van der Waals surface area contributed by atoms with Crippen LogP contribution in [0.5, 0.6) is 0 Å². The second-order valence-electron chi connectivity index (χ2n) is 13.9. The summed E-state index contributed by atoms with van der Waals surface area (Å²) in [6.07, 6.45) is 13.4. The quantitative estimate of drug-likeness (QED) is 0.558. The maximum absolute atomic E-state index is 10.3. The van der Waals surface area contributed by atoms with Gasteiger partial charge in [-0.2, -0.15) is 0 Å². The molecule has 3 heteroatoms. The van der Waals surface area contributed by atoms with E-state index >= 15 is 0 Å². The van der Waals surface area contributed by atoms with Gasteiger partial charge in [-0.1, -0.05) is 20.8 Å². The van der Waals surface area contributed by atoms with Crippen LogP contribution in [0.1, 0.15) is 92.4 Å². The summed E-state index contributed by atoms with van der Waals surface area (Å²) in [6.45, 7) is 11.6. The van der Waals surface area contributed by atoms with Crippen molar-refractivity contribution < 1.29 is 14.6 Å². The zero-order valence-electron chi connectivity index (χ0n) is 20.8. The molecule has 6 aliphatic rings. The van der Waals surface area contributed by atoms with E-state index in [2.05, 4.69) is 20.8 Å². The van der Waals surface area contributed by atoms with Crippen molar-refractivity contribution in [2.24, 2.45) is 51.8 Å². The van der Waals surface area contributed by atoms with E-state index in [0.29, 0.717) is 28.3 Å². The van der Waals surface area contributed by atoms with Crippen molar-refractivity contribution in [1.82, 2.24) is 0 Å². The molecule has 176 valence electrons. The SMILES string of the molecule is CO[C@@H]1C[C@H]2[C@@H]3CC[C@H]([C@H](C)C[C@H]4O[C@H]4C(C)(C)O)[C@@]3(C)CC[C@@H]2[C@@]2(C)CC[C@H]3C[C@]312. The van der Waals surface area contributed by atoms with Gasteiger partial charge in [0.05, 0.1) is 17.8 Å². The first-order valence-corrected chi connectivity index (χ1v) is 13.5. The van der Waals surface area contributed by atoms with E-state index < -0.39 is 5.60 Å². The van der Waals surface area contributed by atoms with Gasteiger partial charge in [-0.05, 0) is 118 Å². The van der Waals surface area contributed by atoms with Crippen molar-refractivity contribution in [3.8, 4) is 0 Å². The van der Waals surface area contributed by atoms with Crippen LogP contribution in [-0.4, -0.2) is 36.1 Å². The highest BCUT2D eigenvalue weighted by Gasteiger charge is 2.77. The summed E-state index contributed by atoms with van der Waals surface area (Å²) in [6, 6.07) is 0. The van der Waals surface area contributed by atoms with Gasteiger partial charge < -0.3 is 14.6 Å². The summed E-state index contributed by atoms with van der Waals surface area (Å²) < 4.78 is 12.2. The van der Waals surface area contributed by atoms with Gasteiger partial charge in [-0.15, -0.1) is 0 Å². The Balaban J connectivity index is 1.21. The largest absolute Gasteiger partial charge is 0.388 e. The van der Waals surface area contributed by atoms with E-state index in [0.717, 1.165) is 36.0 Å². The Kier molecular flexibility index (Phi) is 4.50. The lowest BCUT2D eigenvalue weighted by atomic mass is 9.45. The van der Waals surface area contributed by atoms with Gasteiger partial charge in [0.25, 0.3) is 0 Å². The standard InChI is InChI=1S/C28H46O3/c1-16(13-22-24(31-22)25(2,3)29)19-7-8-20-18-14-23(30-6)28-15-17(28)9-12-27(28,5)21(18)10-11-26(19,20)4/h16-24,29H,7-15H2,1-6H3/t16-,17+,18+,19-,20+,21+,22-,23-,24-,26-,27-,28+/m1/s1. The second-order valence-corrected chi connectivity index (χ2v) is 13.9. The first kappa shape index (κ1) is 21.4. The lowest BCUT2D eigenvalue weighted by Crippen LogP contribution is -2.57. The summed E-state index contributed by atoms with van der Waals surface area (Å²) in [7, 11) is 2.00. The highest BCUT2D eigenvalue weighted by Crippen LogP contribution is 2.82. The topological polar surface area (TPSA) is 42.0 Å². The number of hydrogen-bond acceptors (Lipinski definition) is 3. The molecule has 1 aliphatic heterocycles.